The largest absolute Gasteiger partial charge is 0.395 e. The molecule has 0 amide bonds. The van der Waals surface area contributed by atoms with Gasteiger partial charge in [-0.05, 0) is 36.5 Å². The maximum absolute atomic E-state index is 12.8. The van der Waals surface area contributed by atoms with Crippen molar-refractivity contribution in [1.82, 2.24) is 5.32 Å². The van der Waals surface area contributed by atoms with E-state index in [2.05, 4.69) is 5.32 Å². The van der Waals surface area contributed by atoms with Gasteiger partial charge in [0.25, 0.3) is 0 Å². The number of benzene rings is 1. The number of aliphatic hydroxyl groups excluding tert-OH is 1. The first kappa shape index (κ1) is 11.6. The van der Waals surface area contributed by atoms with E-state index in [0.29, 0.717) is 18.5 Å². The maximum atomic E-state index is 12.8. The Balaban J connectivity index is 2.04. The summed E-state index contributed by atoms with van der Waals surface area (Å²) in [6, 6.07) is 7.23. The van der Waals surface area contributed by atoms with E-state index in [1.165, 1.54) is 24.1 Å². The van der Waals surface area contributed by atoms with Crippen LogP contribution in [0, 0.1) is 5.82 Å². The number of hydrogen-bond donors (Lipinski definition) is 2. The summed E-state index contributed by atoms with van der Waals surface area (Å²) in [5.41, 5.74) is 1.20. The summed E-state index contributed by atoms with van der Waals surface area (Å²) in [5, 5.41) is 12.2. The second kappa shape index (κ2) is 5.41. The molecular weight excluding hydrogens is 205 g/mol. The van der Waals surface area contributed by atoms with Crippen LogP contribution in [0.1, 0.15) is 30.7 Å². The van der Waals surface area contributed by atoms with Crippen molar-refractivity contribution in [3.8, 4) is 0 Å². The summed E-state index contributed by atoms with van der Waals surface area (Å²) in [6.07, 6.45) is 3.49. The Morgan fingerprint density at radius 3 is 2.69 bits per heavy atom. The smallest absolute Gasteiger partial charge is 0.123 e. The van der Waals surface area contributed by atoms with E-state index < -0.39 is 0 Å². The molecule has 2 atom stereocenters. The molecule has 1 fully saturated rings. The molecule has 2 unspecified atom stereocenters. The second-order valence-corrected chi connectivity index (χ2v) is 4.37. The van der Waals surface area contributed by atoms with Crippen molar-refractivity contribution >= 4 is 0 Å². The Kier molecular flexibility index (Phi) is 3.91. The molecule has 1 aliphatic rings. The van der Waals surface area contributed by atoms with E-state index >= 15 is 0 Å². The van der Waals surface area contributed by atoms with Crippen molar-refractivity contribution in [2.24, 2.45) is 0 Å². The summed E-state index contributed by atoms with van der Waals surface area (Å²) >= 11 is 0. The summed E-state index contributed by atoms with van der Waals surface area (Å²) < 4.78 is 12.8. The molecule has 0 saturated heterocycles. The van der Waals surface area contributed by atoms with Crippen molar-refractivity contribution in [3.05, 3.63) is 35.6 Å². The first-order valence-electron chi connectivity index (χ1n) is 5.91. The van der Waals surface area contributed by atoms with Gasteiger partial charge >= 0.3 is 0 Å². The van der Waals surface area contributed by atoms with Crippen molar-refractivity contribution in [2.75, 3.05) is 13.2 Å². The van der Waals surface area contributed by atoms with E-state index in [9.17, 15) is 4.39 Å². The van der Waals surface area contributed by atoms with Gasteiger partial charge in [-0.15, -0.1) is 0 Å². The molecule has 88 valence electrons. The summed E-state index contributed by atoms with van der Waals surface area (Å²) in [7, 11) is 0. The van der Waals surface area contributed by atoms with Crippen LogP contribution in [0.3, 0.4) is 0 Å². The number of hydrogen-bond acceptors (Lipinski definition) is 2. The minimum Gasteiger partial charge on any atom is -0.395 e. The van der Waals surface area contributed by atoms with Crippen LogP contribution in [0.15, 0.2) is 24.3 Å². The molecule has 0 heterocycles. The maximum Gasteiger partial charge on any atom is 0.123 e. The number of aliphatic hydroxyl groups is 1. The topological polar surface area (TPSA) is 32.3 Å². The Bertz CT molecular complexity index is 325. The summed E-state index contributed by atoms with van der Waals surface area (Å²) in [5.74, 6) is 0.286. The summed E-state index contributed by atoms with van der Waals surface area (Å²) in [6.45, 7) is 0.814. The van der Waals surface area contributed by atoms with E-state index in [-0.39, 0.29) is 12.4 Å². The average Bonchev–Trinajstić information content (AvgIpc) is 2.75. The van der Waals surface area contributed by atoms with Gasteiger partial charge in [-0.3, -0.25) is 0 Å². The van der Waals surface area contributed by atoms with Gasteiger partial charge in [-0.2, -0.15) is 0 Å². The van der Waals surface area contributed by atoms with Crippen LogP contribution in [-0.4, -0.2) is 24.3 Å². The lowest BCUT2D eigenvalue weighted by atomic mass is 9.94. The predicted molar refractivity (Wildman–Crippen MR) is 61.9 cm³/mol. The first-order valence-corrected chi connectivity index (χ1v) is 5.91. The minimum atomic E-state index is -0.179. The van der Waals surface area contributed by atoms with Gasteiger partial charge in [0.15, 0.2) is 0 Å². The lowest BCUT2D eigenvalue weighted by Crippen LogP contribution is -2.33. The average molecular weight is 223 g/mol. The third kappa shape index (κ3) is 2.60. The SMILES string of the molecule is OCCNC1CCCC1c1ccc(F)cc1. The molecule has 0 bridgehead atoms. The predicted octanol–water partition coefficient (Wildman–Crippen LogP) is 2.04. The zero-order valence-electron chi connectivity index (χ0n) is 9.32. The Morgan fingerprint density at radius 2 is 2.00 bits per heavy atom. The fourth-order valence-corrected chi connectivity index (χ4v) is 2.56. The third-order valence-corrected chi connectivity index (χ3v) is 3.33. The van der Waals surface area contributed by atoms with Crippen molar-refractivity contribution in [2.45, 2.75) is 31.2 Å². The van der Waals surface area contributed by atoms with Gasteiger partial charge in [-0.25, -0.2) is 4.39 Å². The normalized spacial score (nSPS) is 24.9. The molecule has 1 saturated carbocycles. The second-order valence-electron chi connectivity index (χ2n) is 4.37. The van der Waals surface area contributed by atoms with E-state index in [1.807, 2.05) is 12.1 Å². The van der Waals surface area contributed by atoms with Crippen molar-refractivity contribution in [3.63, 3.8) is 0 Å². The monoisotopic (exact) mass is 223 g/mol. The highest BCUT2D eigenvalue weighted by atomic mass is 19.1. The fraction of sp³-hybridized carbons (Fsp3) is 0.538. The minimum absolute atomic E-state index is 0.173. The molecule has 0 radical (unpaired) electrons. The molecule has 0 aromatic heterocycles. The van der Waals surface area contributed by atoms with E-state index in [1.54, 1.807) is 0 Å². The number of rotatable bonds is 4. The Hall–Kier alpha value is -0.930. The van der Waals surface area contributed by atoms with Crippen LogP contribution in [-0.2, 0) is 0 Å². The quantitative estimate of drug-likeness (QED) is 0.818. The van der Waals surface area contributed by atoms with Crippen LogP contribution >= 0.6 is 0 Å². The molecule has 1 aliphatic carbocycles. The van der Waals surface area contributed by atoms with Crippen LogP contribution in [0.4, 0.5) is 4.39 Å². The molecular formula is C13H18FNO. The van der Waals surface area contributed by atoms with Gasteiger partial charge in [0.05, 0.1) is 6.61 Å². The molecule has 2 rings (SSSR count). The number of halogens is 1. The van der Waals surface area contributed by atoms with Gasteiger partial charge in [0, 0.05) is 12.6 Å². The molecule has 2 nitrogen and oxygen atoms in total. The summed E-state index contributed by atoms with van der Waals surface area (Å²) in [4.78, 5) is 0. The lowest BCUT2D eigenvalue weighted by Gasteiger charge is -2.21. The van der Waals surface area contributed by atoms with Gasteiger partial charge < -0.3 is 10.4 Å². The van der Waals surface area contributed by atoms with E-state index in [4.69, 9.17) is 5.11 Å². The first-order chi connectivity index (χ1) is 7.81. The van der Waals surface area contributed by atoms with Crippen LogP contribution < -0.4 is 5.32 Å². The van der Waals surface area contributed by atoms with Gasteiger partial charge in [-0.1, -0.05) is 18.6 Å². The van der Waals surface area contributed by atoms with E-state index in [0.717, 1.165) is 12.8 Å². The third-order valence-electron chi connectivity index (χ3n) is 3.33. The van der Waals surface area contributed by atoms with Crippen molar-refractivity contribution < 1.29 is 9.50 Å². The highest BCUT2D eigenvalue weighted by Crippen LogP contribution is 2.34. The number of nitrogens with one attached hydrogen (secondary N) is 1. The molecule has 1 aromatic carbocycles. The Labute approximate surface area is 95.5 Å². The van der Waals surface area contributed by atoms with Crippen LogP contribution in [0.2, 0.25) is 0 Å². The van der Waals surface area contributed by atoms with Crippen LogP contribution in [0.5, 0.6) is 0 Å². The molecule has 16 heavy (non-hydrogen) atoms. The highest BCUT2D eigenvalue weighted by molar-refractivity contribution is 5.23. The molecule has 3 heteroatoms. The van der Waals surface area contributed by atoms with Gasteiger partial charge in [0.2, 0.25) is 0 Å². The molecule has 2 N–H and O–H groups in total. The van der Waals surface area contributed by atoms with Crippen molar-refractivity contribution in [1.29, 1.82) is 0 Å². The standard InChI is InChI=1S/C13H18FNO/c14-11-6-4-10(5-7-11)12-2-1-3-13(12)15-8-9-16/h4-7,12-13,15-16H,1-3,8-9H2. The lowest BCUT2D eigenvalue weighted by molar-refractivity contribution is 0.281. The van der Waals surface area contributed by atoms with Crippen LogP contribution in [0.25, 0.3) is 0 Å². The molecule has 1 aromatic rings. The van der Waals surface area contributed by atoms with Gasteiger partial charge in [0.1, 0.15) is 5.82 Å². The zero-order valence-corrected chi connectivity index (χ0v) is 9.32. The Morgan fingerprint density at radius 1 is 1.25 bits per heavy atom. The molecule has 0 spiro atoms. The highest BCUT2D eigenvalue weighted by Gasteiger charge is 2.27. The fourth-order valence-electron chi connectivity index (χ4n) is 2.56. The molecule has 0 aliphatic heterocycles. The zero-order chi connectivity index (χ0) is 11.4.